The highest BCUT2D eigenvalue weighted by molar-refractivity contribution is 5.82. The number of carbonyl (C=O) groups is 1. The van der Waals surface area contributed by atoms with Crippen molar-refractivity contribution in [3.05, 3.63) is 58.9 Å². The fraction of sp³-hybridized carbons (Fsp3) is 0.211. The Morgan fingerprint density at radius 2 is 1.71 bits per heavy atom. The molecule has 0 aliphatic carbocycles. The van der Waals surface area contributed by atoms with E-state index in [4.69, 9.17) is 4.74 Å². The van der Waals surface area contributed by atoms with Crippen LogP contribution in [0.2, 0.25) is 0 Å². The quantitative estimate of drug-likeness (QED) is 0.691. The molecule has 3 rings (SSSR count). The monoisotopic (exact) mass is 327 g/mol. The minimum atomic E-state index is -0.804. The minimum Gasteiger partial charge on any atom is -0.504 e. The number of aldehydes is 1. The fourth-order valence-electron chi connectivity index (χ4n) is 2.64. The number of carbonyl (C=O) groups excluding carboxylic acids is 1. The topological polar surface area (TPSA) is 49.8 Å². The lowest BCUT2D eigenvalue weighted by Crippen LogP contribution is -2.36. The molecule has 2 aromatic rings. The Kier molecular flexibility index (Phi) is 4.91. The van der Waals surface area contributed by atoms with E-state index in [0.29, 0.717) is 11.8 Å². The molecule has 1 aliphatic rings. The summed E-state index contributed by atoms with van der Waals surface area (Å²) in [6.45, 7) is 3.26. The molecule has 0 amide bonds. The Bertz CT molecular complexity index is 750. The molecule has 0 aromatic heterocycles. The lowest BCUT2D eigenvalue weighted by atomic mass is 10.1. The predicted molar refractivity (Wildman–Crippen MR) is 91.9 cm³/mol. The van der Waals surface area contributed by atoms with Crippen molar-refractivity contribution >= 4 is 24.1 Å². The highest BCUT2D eigenvalue weighted by Gasteiger charge is 2.10. The first-order chi connectivity index (χ1) is 11.7. The molecule has 1 saturated heterocycles. The number of phenolic OH excluding ortho intramolecular Hbond substituents is 1. The van der Waals surface area contributed by atoms with E-state index in [0.717, 1.165) is 37.6 Å². The van der Waals surface area contributed by atoms with Gasteiger partial charge in [-0.1, -0.05) is 24.3 Å². The summed E-state index contributed by atoms with van der Waals surface area (Å²) in [5.74, 6) is -1.42. The van der Waals surface area contributed by atoms with Gasteiger partial charge in [0.2, 0.25) is 0 Å². The van der Waals surface area contributed by atoms with E-state index in [2.05, 4.69) is 4.90 Å². The van der Waals surface area contributed by atoms with Crippen molar-refractivity contribution in [3.8, 4) is 5.75 Å². The van der Waals surface area contributed by atoms with Gasteiger partial charge in [0.05, 0.1) is 18.8 Å². The Balaban J connectivity index is 1.75. The molecule has 0 atom stereocenters. The zero-order valence-corrected chi connectivity index (χ0v) is 13.1. The van der Waals surface area contributed by atoms with Crippen molar-refractivity contribution in [1.82, 2.24) is 0 Å². The van der Waals surface area contributed by atoms with E-state index in [1.165, 1.54) is 12.1 Å². The molecule has 0 unspecified atom stereocenters. The summed E-state index contributed by atoms with van der Waals surface area (Å²) >= 11 is 0. The average molecular weight is 327 g/mol. The van der Waals surface area contributed by atoms with Crippen molar-refractivity contribution in [2.45, 2.75) is 0 Å². The molecule has 2 aromatic carbocycles. The zero-order chi connectivity index (χ0) is 16.9. The van der Waals surface area contributed by atoms with Gasteiger partial charge in [-0.2, -0.15) is 0 Å². The lowest BCUT2D eigenvalue weighted by Gasteiger charge is -2.28. The van der Waals surface area contributed by atoms with Gasteiger partial charge in [-0.3, -0.25) is 4.79 Å². The smallest absolute Gasteiger partial charge is 0.166 e. The number of nitrogens with zero attached hydrogens (tertiary/aromatic N) is 1. The van der Waals surface area contributed by atoms with Gasteiger partial charge in [-0.15, -0.1) is 0 Å². The van der Waals surface area contributed by atoms with Gasteiger partial charge in [0.15, 0.2) is 17.9 Å². The van der Waals surface area contributed by atoms with Crippen molar-refractivity contribution in [1.29, 1.82) is 0 Å². The second-order valence-electron chi connectivity index (χ2n) is 5.58. The fourth-order valence-corrected chi connectivity index (χ4v) is 2.64. The Morgan fingerprint density at radius 3 is 2.38 bits per heavy atom. The summed E-state index contributed by atoms with van der Waals surface area (Å²) in [6, 6.07) is 10.7. The molecular formula is C19H18FNO3. The molecule has 4 nitrogen and oxygen atoms in total. The number of hydrogen-bond donors (Lipinski definition) is 1. The van der Waals surface area contributed by atoms with Crippen LogP contribution in [-0.4, -0.2) is 37.7 Å². The molecule has 1 aliphatic heterocycles. The normalized spacial score (nSPS) is 15.0. The molecule has 0 saturated carbocycles. The van der Waals surface area contributed by atoms with Gasteiger partial charge >= 0.3 is 0 Å². The molecule has 5 heteroatoms. The maximum Gasteiger partial charge on any atom is 0.166 e. The molecule has 24 heavy (non-hydrogen) atoms. The summed E-state index contributed by atoms with van der Waals surface area (Å²) < 4.78 is 18.9. The van der Waals surface area contributed by atoms with E-state index in [9.17, 15) is 14.3 Å². The van der Waals surface area contributed by atoms with Crippen LogP contribution < -0.4 is 4.90 Å². The highest BCUT2D eigenvalue weighted by Crippen LogP contribution is 2.23. The van der Waals surface area contributed by atoms with E-state index >= 15 is 0 Å². The first-order valence-electron chi connectivity index (χ1n) is 7.76. The number of anilines is 1. The number of hydrogen-bond acceptors (Lipinski definition) is 4. The second kappa shape index (κ2) is 7.27. The summed E-state index contributed by atoms with van der Waals surface area (Å²) in [7, 11) is 0. The van der Waals surface area contributed by atoms with Crippen molar-refractivity contribution < 1.29 is 19.0 Å². The average Bonchev–Trinajstić information content (AvgIpc) is 2.63. The first kappa shape index (κ1) is 16.2. The third kappa shape index (κ3) is 3.63. The standard InChI is InChI=1S/C19H18FNO3/c20-18-12-15(11-16(13-22)19(18)23)2-1-14-3-5-17(6-4-14)21-7-9-24-10-8-21/h1-6,11-13,23H,7-10H2/b2-1-. The summed E-state index contributed by atoms with van der Waals surface area (Å²) in [6.07, 6.45) is 3.98. The summed E-state index contributed by atoms with van der Waals surface area (Å²) in [4.78, 5) is 13.1. The third-order valence-corrected chi connectivity index (χ3v) is 3.98. The van der Waals surface area contributed by atoms with Crippen molar-refractivity contribution in [2.24, 2.45) is 0 Å². The van der Waals surface area contributed by atoms with Crippen molar-refractivity contribution in [2.75, 3.05) is 31.2 Å². The molecule has 124 valence electrons. The summed E-state index contributed by atoms with van der Waals surface area (Å²) in [5, 5.41) is 9.42. The maximum absolute atomic E-state index is 13.6. The third-order valence-electron chi connectivity index (χ3n) is 3.98. The van der Waals surface area contributed by atoms with Crippen LogP contribution in [0.4, 0.5) is 10.1 Å². The predicted octanol–water partition coefficient (Wildman–Crippen LogP) is 3.35. The second-order valence-corrected chi connectivity index (χ2v) is 5.58. The van der Waals surface area contributed by atoms with Crippen LogP contribution in [-0.2, 0) is 4.74 Å². The zero-order valence-electron chi connectivity index (χ0n) is 13.1. The molecule has 0 radical (unpaired) electrons. The van der Waals surface area contributed by atoms with Gasteiger partial charge in [0, 0.05) is 18.8 Å². The van der Waals surface area contributed by atoms with E-state index < -0.39 is 11.6 Å². The number of ether oxygens (including phenoxy) is 1. The largest absolute Gasteiger partial charge is 0.504 e. The van der Waals surface area contributed by atoms with Gasteiger partial charge in [-0.25, -0.2) is 4.39 Å². The Labute approximate surface area is 139 Å². The first-order valence-corrected chi connectivity index (χ1v) is 7.76. The number of aromatic hydroxyl groups is 1. The van der Waals surface area contributed by atoms with Crippen LogP contribution >= 0.6 is 0 Å². The Hall–Kier alpha value is -2.66. The van der Waals surface area contributed by atoms with Crippen LogP contribution in [0.25, 0.3) is 12.2 Å². The minimum absolute atomic E-state index is 0.0580. The molecular weight excluding hydrogens is 309 g/mol. The van der Waals surface area contributed by atoms with Gasteiger partial charge in [0.25, 0.3) is 0 Å². The number of rotatable bonds is 4. The molecule has 1 fully saturated rings. The van der Waals surface area contributed by atoms with Gasteiger partial charge in [0.1, 0.15) is 0 Å². The molecule has 0 bridgehead atoms. The number of halogens is 1. The van der Waals surface area contributed by atoms with E-state index in [1.807, 2.05) is 30.3 Å². The van der Waals surface area contributed by atoms with E-state index in [1.54, 1.807) is 6.08 Å². The van der Waals surface area contributed by atoms with E-state index in [-0.39, 0.29) is 5.56 Å². The SMILES string of the molecule is O=Cc1cc(/C=C\c2ccc(N3CCOCC3)cc2)cc(F)c1O. The highest BCUT2D eigenvalue weighted by atomic mass is 19.1. The Morgan fingerprint density at radius 1 is 1.04 bits per heavy atom. The number of benzene rings is 2. The summed E-state index contributed by atoms with van der Waals surface area (Å²) in [5.41, 5.74) is 2.57. The van der Waals surface area contributed by atoms with Crippen LogP contribution in [0.1, 0.15) is 21.5 Å². The maximum atomic E-state index is 13.6. The van der Waals surface area contributed by atoms with Gasteiger partial charge in [-0.05, 0) is 35.4 Å². The van der Waals surface area contributed by atoms with Crippen LogP contribution in [0.15, 0.2) is 36.4 Å². The molecule has 1 heterocycles. The number of morpholine rings is 1. The molecule has 1 N–H and O–H groups in total. The lowest BCUT2D eigenvalue weighted by molar-refractivity contribution is 0.112. The van der Waals surface area contributed by atoms with Crippen LogP contribution in [0, 0.1) is 5.82 Å². The van der Waals surface area contributed by atoms with Crippen LogP contribution in [0.5, 0.6) is 5.75 Å². The number of phenols is 1. The molecule has 0 spiro atoms. The van der Waals surface area contributed by atoms with Gasteiger partial charge < -0.3 is 14.7 Å². The van der Waals surface area contributed by atoms with Crippen molar-refractivity contribution in [3.63, 3.8) is 0 Å². The van der Waals surface area contributed by atoms with Crippen LogP contribution in [0.3, 0.4) is 0 Å².